The van der Waals surface area contributed by atoms with Gasteiger partial charge in [0.1, 0.15) is 5.01 Å². The molecule has 1 saturated heterocycles. The molecule has 0 aliphatic carbocycles. The largest absolute Gasteiger partial charge is 0.342 e. The van der Waals surface area contributed by atoms with Crippen molar-refractivity contribution >= 4 is 40.4 Å². The van der Waals surface area contributed by atoms with Crippen molar-refractivity contribution in [1.82, 2.24) is 15.1 Å². The van der Waals surface area contributed by atoms with Crippen LogP contribution in [-0.2, 0) is 4.79 Å². The molecule has 0 atom stereocenters. The van der Waals surface area contributed by atoms with Crippen LogP contribution in [0.25, 0.3) is 0 Å². The van der Waals surface area contributed by atoms with Gasteiger partial charge in [-0.2, -0.15) is 0 Å². The maximum absolute atomic E-state index is 12.5. The van der Waals surface area contributed by atoms with E-state index in [1.807, 2.05) is 4.90 Å². The molecule has 1 N–H and O–H groups in total. The van der Waals surface area contributed by atoms with E-state index in [1.54, 1.807) is 24.3 Å². The van der Waals surface area contributed by atoms with Crippen LogP contribution in [0.15, 0.2) is 24.3 Å². The lowest BCUT2D eigenvalue weighted by molar-refractivity contribution is -0.136. The van der Waals surface area contributed by atoms with E-state index >= 15 is 0 Å². The monoisotopic (exact) mass is 420 g/mol. The number of anilines is 1. The van der Waals surface area contributed by atoms with Gasteiger partial charge in [0.05, 0.1) is 0 Å². The maximum Gasteiger partial charge on any atom is 0.286 e. The Morgan fingerprint density at radius 2 is 1.96 bits per heavy atom. The molecule has 2 aromatic rings. The third kappa shape index (κ3) is 4.89. The Morgan fingerprint density at radius 3 is 2.61 bits per heavy atom. The molecule has 3 rings (SSSR count). The fraction of sp³-hybridized carbons (Fsp3) is 0.500. The van der Waals surface area contributed by atoms with Gasteiger partial charge in [0, 0.05) is 35.6 Å². The average molecular weight is 421 g/mol. The lowest BCUT2D eigenvalue weighted by atomic mass is 9.95. The summed E-state index contributed by atoms with van der Waals surface area (Å²) in [6, 6.07) is 6.99. The van der Waals surface area contributed by atoms with E-state index in [4.69, 9.17) is 11.6 Å². The molecule has 0 unspecified atom stereocenters. The first-order valence-corrected chi connectivity index (χ1v) is 10.9. The maximum atomic E-state index is 12.5. The predicted molar refractivity (Wildman–Crippen MR) is 112 cm³/mol. The number of nitrogens with zero attached hydrogens (tertiary/aromatic N) is 3. The molecular formula is C20H25ClN4O2S. The zero-order chi connectivity index (χ0) is 20.1. The second-order valence-electron chi connectivity index (χ2n) is 7.02. The van der Waals surface area contributed by atoms with Crippen molar-refractivity contribution in [1.29, 1.82) is 0 Å². The second kappa shape index (κ2) is 9.47. The van der Waals surface area contributed by atoms with Crippen LogP contribution in [0.5, 0.6) is 0 Å². The zero-order valence-corrected chi connectivity index (χ0v) is 17.7. The molecule has 2 amide bonds. The summed E-state index contributed by atoms with van der Waals surface area (Å²) in [5.41, 5.74) is 0.627. The number of rotatable bonds is 6. The number of carbonyl (C=O) groups is 2. The van der Waals surface area contributed by atoms with Gasteiger partial charge >= 0.3 is 0 Å². The van der Waals surface area contributed by atoms with Crippen molar-refractivity contribution in [3.63, 3.8) is 0 Å². The number of aromatic nitrogens is 2. The number of benzene rings is 1. The molecular weight excluding hydrogens is 396 g/mol. The summed E-state index contributed by atoms with van der Waals surface area (Å²) in [5, 5.41) is 12.9. The number of likely N-dealkylation sites (tertiary alicyclic amines) is 1. The van der Waals surface area contributed by atoms with Crippen molar-refractivity contribution in [3.05, 3.63) is 39.3 Å². The Balaban J connectivity index is 1.57. The van der Waals surface area contributed by atoms with Crippen LogP contribution >= 0.6 is 22.9 Å². The number of piperidine rings is 1. The lowest BCUT2D eigenvalue weighted by Crippen LogP contribution is -2.41. The number of carbonyl (C=O) groups excluding carboxylic acids is 2. The standard InChI is InChI=1S/C20H25ClN4O2S/c1-3-13(4-2)20(27)25-10-8-14(9-11-25)18-23-24-19(28-18)17(26)22-16-7-5-6-15(21)12-16/h5-7,12-14H,3-4,8-11H2,1-2H3,(H,22,26). The van der Waals surface area contributed by atoms with Gasteiger partial charge in [-0.3, -0.25) is 9.59 Å². The van der Waals surface area contributed by atoms with Crippen molar-refractivity contribution in [3.8, 4) is 0 Å². The topological polar surface area (TPSA) is 75.2 Å². The molecule has 0 saturated carbocycles. The molecule has 28 heavy (non-hydrogen) atoms. The highest BCUT2D eigenvalue weighted by atomic mass is 35.5. The smallest absolute Gasteiger partial charge is 0.286 e. The van der Waals surface area contributed by atoms with Gasteiger partial charge < -0.3 is 10.2 Å². The van der Waals surface area contributed by atoms with E-state index in [-0.39, 0.29) is 23.7 Å². The minimum absolute atomic E-state index is 0.125. The number of amides is 2. The molecule has 1 aromatic carbocycles. The molecule has 1 fully saturated rings. The van der Waals surface area contributed by atoms with Crippen LogP contribution in [0.2, 0.25) is 5.02 Å². The molecule has 1 aliphatic heterocycles. The van der Waals surface area contributed by atoms with Gasteiger partial charge in [-0.1, -0.05) is 42.9 Å². The van der Waals surface area contributed by atoms with E-state index in [2.05, 4.69) is 29.4 Å². The Kier molecular flexibility index (Phi) is 7.02. The minimum atomic E-state index is -0.285. The third-order valence-electron chi connectivity index (χ3n) is 5.21. The van der Waals surface area contributed by atoms with Crippen LogP contribution in [0.1, 0.15) is 60.3 Å². The van der Waals surface area contributed by atoms with Crippen molar-refractivity contribution in [2.24, 2.45) is 5.92 Å². The van der Waals surface area contributed by atoms with Gasteiger partial charge in [0.25, 0.3) is 5.91 Å². The van der Waals surface area contributed by atoms with Crippen molar-refractivity contribution < 1.29 is 9.59 Å². The molecule has 2 heterocycles. The number of nitrogens with one attached hydrogen (secondary N) is 1. The fourth-order valence-corrected chi connectivity index (χ4v) is 4.58. The van der Waals surface area contributed by atoms with E-state index in [0.717, 1.165) is 43.8 Å². The summed E-state index contributed by atoms with van der Waals surface area (Å²) in [6.45, 7) is 5.61. The SMILES string of the molecule is CCC(CC)C(=O)N1CCC(c2nnc(C(=O)Nc3cccc(Cl)c3)s2)CC1. The first kappa shape index (κ1) is 20.7. The molecule has 1 aromatic heterocycles. The molecule has 1 aliphatic rings. The Hall–Kier alpha value is -1.99. The van der Waals surface area contributed by atoms with Gasteiger partial charge in [-0.05, 0) is 43.9 Å². The van der Waals surface area contributed by atoms with Gasteiger partial charge in [-0.25, -0.2) is 0 Å². The van der Waals surface area contributed by atoms with E-state index in [1.165, 1.54) is 11.3 Å². The summed E-state index contributed by atoms with van der Waals surface area (Å²) in [7, 11) is 0. The normalized spacial score (nSPS) is 15.1. The van der Waals surface area contributed by atoms with Crippen LogP contribution < -0.4 is 5.32 Å². The van der Waals surface area contributed by atoms with Gasteiger partial charge in [0.15, 0.2) is 0 Å². The highest BCUT2D eigenvalue weighted by molar-refractivity contribution is 7.13. The highest BCUT2D eigenvalue weighted by Crippen LogP contribution is 2.31. The van der Waals surface area contributed by atoms with Gasteiger partial charge in [0.2, 0.25) is 10.9 Å². The second-order valence-corrected chi connectivity index (χ2v) is 8.47. The first-order valence-electron chi connectivity index (χ1n) is 9.70. The minimum Gasteiger partial charge on any atom is -0.342 e. The number of halogens is 1. The summed E-state index contributed by atoms with van der Waals surface area (Å²) in [6.07, 6.45) is 3.49. The average Bonchev–Trinajstić information content (AvgIpc) is 3.19. The Labute approximate surface area is 174 Å². The molecule has 6 nitrogen and oxygen atoms in total. The van der Waals surface area contributed by atoms with Crippen LogP contribution in [0, 0.1) is 5.92 Å². The lowest BCUT2D eigenvalue weighted by Gasteiger charge is -2.33. The zero-order valence-electron chi connectivity index (χ0n) is 16.2. The molecule has 150 valence electrons. The van der Waals surface area contributed by atoms with E-state index in [9.17, 15) is 9.59 Å². The summed E-state index contributed by atoms with van der Waals surface area (Å²) >= 11 is 7.27. The van der Waals surface area contributed by atoms with Gasteiger partial charge in [-0.15, -0.1) is 10.2 Å². The number of hydrogen-bond donors (Lipinski definition) is 1. The fourth-order valence-electron chi connectivity index (χ4n) is 3.49. The highest BCUT2D eigenvalue weighted by Gasteiger charge is 2.29. The van der Waals surface area contributed by atoms with Crippen molar-refractivity contribution in [2.75, 3.05) is 18.4 Å². The molecule has 8 heteroatoms. The predicted octanol–water partition coefficient (Wildman–Crippen LogP) is 4.59. The first-order chi connectivity index (χ1) is 13.5. The summed E-state index contributed by atoms with van der Waals surface area (Å²) in [4.78, 5) is 26.9. The summed E-state index contributed by atoms with van der Waals surface area (Å²) in [5.74, 6) is 0.352. The molecule has 0 bridgehead atoms. The van der Waals surface area contributed by atoms with Crippen LogP contribution in [0.3, 0.4) is 0 Å². The van der Waals surface area contributed by atoms with Crippen molar-refractivity contribution in [2.45, 2.75) is 45.4 Å². The van der Waals surface area contributed by atoms with Crippen LogP contribution in [-0.4, -0.2) is 40.0 Å². The quantitative estimate of drug-likeness (QED) is 0.741. The Morgan fingerprint density at radius 1 is 1.25 bits per heavy atom. The summed E-state index contributed by atoms with van der Waals surface area (Å²) < 4.78 is 0. The molecule has 0 radical (unpaired) electrons. The van der Waals surface area contributed by atoms with E-state index in [0.29, 0.717) is 15.7 Å². The Bertz CT molecular complexity index is 829. The number of hydrogen-bond acceptors (Lipinski definition) is 5. The van der Waals surface area contributed by atoms with E-state index < -0.39 is 0 Å². The third-order valence-corrected chi connectivity index (χ3v) is 6.53. The molecule has 0 spiro atoms. The van der Waals surface area contributed by atoms with Crippen LogP contribution in [0.4, 0.5) is 5.69 Å².